The number of fused-ring (bicyclic) bond motifs is 6. The third-order valence-corrected chi connectivity index (χ3v) is 13.5. The molecule has 0 saturated carbocycles. The Hall–Kier alpha value is -6.00. The lowest BCUT2D eigenvalue weighted by atomic mass is 9.84. The van der Waals surface area contributed by atoms with Crippen molar-refractivity contribution in [3.05, 3.63) is 90.3 Å². The summed E-state index contributed by atoms with van der Waals surface area (Å²) in [6, 6.07) is 10.8. The van der Waals surface area contributed by atoms with E-state index in [4.69, 9.17) is 14.5 Å². The number of aromatic nitrogens is 2. The molecule has 5 atom stereocenters. The monoisotopic (exact) mass is 923 g/mol. The quantitative estimate of drug-likeness (QED) is 0.129. The first-order chi connectivity index (χ1) is 31.8. The molecule has 2 fully saturated rings. The molecule has 2 N–H and O–H groups in total. The summed E-state index contributed by atoms with van der Waals surface area (Å²) >= 11 is 0. The molecule has 1 unspecified atom stereocenters. The van der Waals surface area contributed by atoms with Gasteiger partial charge in [-0.05, 0) is 98.5 Å². The number of methoxy groups -OCH3 is 1. The van der Waals surface area contributed by atoms with Gasteiger partial charge in [-0.25, -0.2) is 5.43 Å². The van der Waals surface area contributed by atoms with Gasteiger partial charge in [-0.15, -0.1) is 0 Å². The molecule has 0 spiro atoms. The predicted octanol–water partition coefficient (Wildman–Crippen LogP) is 6.81. The van der Waals surface area contributed by atoms with E-state index >= 15 is 8.78 Å². The molecular weight excluding hydrogens is 861 g/mol. The summed E-state index contributed by atoms with van der Waals surface area (Å²) in [4.78, 5) is 76.6. The number of cyclic esters (lactones) is 1. The van der Waals surface area contributed by atoms with Crippen molar-refractivity contribution >= 4 is 40.5 Å². The topological polar surface area (TPSA) is 155 Å². The number of nitrogens with zero attached hydrogens (tertiary/aromatic N) is 5. The SMILES string of the molecule is C=CC(=O)N1CC[C@H](C(=O)N(C)C(C(=O)N[C@@H]2C(=O)N3CCC[C@H](N3)C(=O)OCC(C)(C)Cc3c(-c4cccnc4[C@H](C)OC)n(CC)c4ccc(cc34)-c3cccc(c3)C2(F)F)C(C)C)C1. The van der Waals surface area contributed by atoms with E-state index in [9.17, 15) is 24.0 Å². The van der Waals surface area contributed by atoms with Crippen molar-refractivity contribution in [2.75, 3.05) is 40.4 Å². The lowest BCUT2D eigenvalue weighted by Gasteiger charge is -2.38. The number of halogens is 2. The van der Waals surface area contributed by atoms with Crippen LogP contribution in [0.3, 0.4) is 0 Å². The number of hydrogen-bond acceptors (Lipinski definition) is 9. The van der Waals surface area contributed by atoms with Crippen molar-refractivity contribution in [2.45, 2.75) is 104 Å². The maximum atomic E-state index is 17.6. The fourth-order valence-corrected chi connectivity index (χ4v) is 9.89. The molecule has 358 valence electrons. The third kappa shape index (κ3) is 9.73. The lowest BCUT2D eigenvalue weighted by molar-refractivity contribution is -0.161. The van der Waals surface area contributed by atoms with E-state index in [2.05, 4.69) is 28.8 Å². The maximum Gasteiger partial charge on any atom is 0.324 e. The molecular formula is C51H63F2N7O7. The number of carbonyl (C=O) groups is 5. The van der Waals surface area contributed by atoms with Gasteiger partial charge in [-0.3, -0.25) is 34.0 Å². The number of benzene rings is 2. The number of likely N-dealkylation sites (N-methyl/N-ethyl adjacent to an activating group) is 1. The number of pyridine rings is 1. The molecule has 67 heavy (non-hydrogen) atoms. The van der Waals surface area contributed by atoms with Gasteiger partial charge in [-0.1, -0.05) is 58.5 Å². The molecule has 6 bridgehead atoms. The number of amides is 4. The molecule has 2 aromatic carbocycles. The molecule has 16 heteroatoms. The first kappa shape index (κ1) is 48.9. The fourth-order valence-electron chi connectivity index (χ4n) is 9.89. The van der Waals surface area contributed by atoms with Crippen LogP contribution in [-0.4, -0.2) is 112 Å². The minimum absolute atomic E-state index is 0.00926. The van der Waals surface area contributed by atoms with Gasteiger partial charge in [0, 0.05) is 74.0 Å². The van der Waals surface area contributed by atoms with Crippen LogP contribution in [-0.2, 0) is 52.3 Å². The Morgan fingerprint density at radius 3 is 2.51 bits per heavy atom. The molecule has 3 aliphatic rings. The zero-order valence-corrected chi connectivity index (χ0v) is 39.7. The summed E-state index contributed by atoms with van der Waals surface area (Å²) in [5.41, 5.74) is 7.27. The molecule has 4 aromatic rings. The smallest absolute Gasteiger partial charge is 0.324 e. The van der Waals surface area contributed by atoms with Crippen molar-refractivity contribution in [2.24, 2.45) is 17.3 Å². The highest BCUT2D eigenvalue weighted by Gasteiger charge is 2.51. The van der Waals surface area contributed by atoms with E-state index < -0.39 is 70.6 Å². The third-order valence-electron chi connectivity index (χ3n) is 13.5. The van der Waals surface area contributed by atoms with Crippen LogP contribution >= 0.6 is 0 Å². The molecule has 2 aromatic heterocycles. The van der Waals surface area contributed by atoms with Crippen LogP contribution in [0.1, 0.15) is 83.7 Å². The molecule has 4 amide bonds. The first-order valence-corrected chi connectivity index (χ1v) is 23.2. The molecule has 2 saturated heterocycles. The second-order valence-corrected chi connectivity index (χ2v) is 19.1. The van der Waals surface area contributed by atoms with Gasteiger partial charge < -0.3 is 29.2 Å². The summed E-state index contributed by atoms with van der Waals surface area (Å²) in [6.07, 6.45) is 3.96. The first-order valence-electron chi connectivity index (χ1n) is 23.2. The lowest BCUT2D eigenvalue weighted by Crippen LogP contribution is -2.65. The van der Waals surface area contributed by atoms with E-state index in [1.807, 2.05) is 51.1 Å². The number of aryl methyl sites for hydroxylation is 1. The van der Waals surface area contributed by atoms with Crippen LogP contribution < -0.4 is 10.7 Å². The van der Waals surface area contributed by atoms with Gasteiger partial charge >= 0.3 is 11.9 Å². The highest BCUT2D eigenvalue weighted by molar-refractivity contribution is 5.96. The highest BCUT2D eigenvalue weighted by atomic mass is 19.3. The van der Waals surface area contributed by atoms with E-state index in [0.717, 1.165) is 38.4 Å². The molecule has 14 nitrogen and oxygen atoms in total. The number of likely N-dealkylation sites (tertiary alicyclic amines) is 1. The minimum Gasteiger partial charge on any atom is -0.464 e. The normalized spacial score (nSPS) is 21.6. The van der Waals surface area contributed by atoms with E-state index in [1.54, 1.807) is 33.2 Å². The van der Waals surface area contributed by atoms with Gasteiger partial charge in [0.05, 0.1) is 30.0 Å². The van der Waals surface area contributed by atoms with Gasteiger partial charge in [0.2, 0.25) is 17.7 Å². The van der Waals surface area contributed by atoms with Crippen LogP contribution in [0.15, 0.2) is 73.4 Å². The zero-order valence-electron chi connectivity index (χ0n) is 39.7. The van der Waals surface area contributed by atoms with Crippen LogP contribution in [0.25, 0.3) is 33.3 Å². The van der Waals surface area contributed by atoms with E-state index in [0.29, 0.717) is 37.1 Å². The molecule has 0 radical (unpaired) electrons. The van der Waals surface area contributed by atoms with Gasteiger partial charge in [0.1, 0.15) is 12.1 Å². The molecule has 0 aliphatic carbocycles. The number of hydrazine groups is 1. The van der Waals surface area contributed by atoms with Crippen molar-refractivity contribution in [3.63, 3.8) is 0 Å². The Balaban J connectivity index is 1.34. The minimum atomic E-state index is -4.02. The van der Waals surface area contributed by atoms with Crippen molar-refractivity contribution in [1.82, 2.24) is 35.1 Å². The Labute approximate surface area is 391 Å². The van der Waals surface area contributed by atoms with E-state index in [1.165, 1.54) is 41.1 Å². The van der Waals surface area contributed by atoms with Gasteiger partial charge in [0.15, 0.2) is 6.04 Å². The van der Waals surface area contributed by atoms with Crippen LogP contribution in [0.2, 0.25) is 0 Å². The zero-order chi connectivity index (χ0) is 48.5. The van der Waals surface area contributed by atoms with Gasteiger partial charge in [0.25, 0.3) is 5.91 Å². The Kier molecular flexibility index (Phi) is 14.4. The molecule has 3 aliphatic heterocycles. The van der Waals surface area contributed by atoms with Gasteiger partial charge in [-0.2, -0.15) is 8.78 Å². The molecule has 7 rings (SSSR count). The average Bonchev–Trinajstić information content (AvgIpc) is 3.94. The number of alkyl halides is 2. The number of esters is 1. The fraction of sp³-hybridized carbons (Fsp3) is 0.490. The predicted molar refractivity (Wildman–Crippen MR) is 250 cm³/mol. The number of ether oxygens (including phenoxy) is 2. The average molecular weight is 924 g/mol. The number of carbonyl (C=O) groups excluding carboxylic acids is 5. The summed E-state index contributed by atoms with van der Waals surface area (Å²) in [5.74, 6) is -8.73. The second-order valence-electron chi connectivity index (χ2n) is 19.1. The van der Waals surface area contributed by atoms with Crippen LogP contribution in [0, 0.1) is 17.3 Å². The van der Waals surface area contributed by atoms with E-state index in [-0.39, 0.29) is 44.5 Å². The summed E-state index contributed by atoms with van der Waals surface area (Å²) < 4.78 is 49.2. The standard InChI is InChI=1S/C51H63F2N7O7/c1-10-41(61)58-24-21-34(28-58)47(63)57(8)43(30(3)4)46(62)55-45-48(64)60-23-14-18-39(56-60)49(65)67-29-50(6,7)27-38-37-26-33(32-15-12-16-35(25-32)51(45,52)53)19-20-40(37)59(11-2)44(38)36-17-13-22-54-42(36)31(5)66-9/h10,12-13,15-17,19-20,22,25-26,30-31,34,39,43,45,56H,1,11,14,18,21,23-24,27-29H2,2-9H3,(H,55,62)/t31-,34-,39-,43?,45+/m0/s1. The summed E-state index contributed by atoms with van der Waals surface area (Å²) in [5, 5.41) is 4.26. The highest BCUT2D eigenvalue weighted by Crippen LogP contribution is 2.43. The van der Waals surface area contributed by atoms with Crippen molar-refractivity contribution in [1.29, 1.82) is 0 Å². The number of rotatable bonds is 10. The molecule has 5 heterocycles. The summed E-state index contributed by atoms with van der Waals surface area (Å²) in [7, 11) is 3.06. The number of nitrogens with one attached hydrogen (secondary N) is 2. The second kappa shape index (κ2) is 19.7. The maximum absolute atomic E-state index is 17.6. The van der Waals surface area contributed by atoms with Crippen LogP contribution in [0.4, 0.5) is 8.78 Å². The largest absolute Gasteiger partial charge is 0.464 e. The van der Waals surface area contributed by atoms with Crippen molar-refractivity contribution < 1.29 is 42.2 Å². The Bertz CT molecular complexity index is 2560. The summed E-state index contributed by atoms with van der Waals surface area (Å²) in [6.45, 7) is 16.0. The van der Waals surface area contributed by atoms with Crippen LogP contribution in [0.5, 0.6) is 0 Å². The number of hydrogen-bond donors (Lipinski definition) is 2. The Morgan fingerprint density at radius 2 is 1.81 bits per heavy atom. The van der Waals surface area contributed by atoms with Crippen molar-refractivity contribution in [3.8, 4) is 22.4 Å². The Morgan fingerprint density at radius 1 is 1.06 bits per heavy atom.